The minimum Gasteiger partial charge on any atom is -0.421 e. The van der Waals surface area contributed by atoms with E-state index in [0.29, 0.717) is 23.6 Å². The largest absolute Gasteiger partial charge is 0.421 e. The Morgan fingerprint density at radius 2 is 1.79 bits per heavy atom. The predicted molar refractivity (Wildman–Crippen MR) is 108 cm³/mol. The van der Waals surface area contributed by atoms with Crippen molar-refractivity contribution in [1.82, 2.24) is 9.30 Å². The summed E-state index contributed by atoms with van der Waals surface area (Å²) in [6.45, 7) is 3.88. The molecule has 0 radical (unpaired) electrons. The second kappa shape index (κ2) is 9.39. The number of hydrogen-bond acceptors (Lipinski definition) is 4. The van der Waals surface area contributed by atoms with Crippen molar-refractivity contribution in [3.63, 3.8) is 0 Å². The molecule has 2 aromatic rings. The van der Waals surface area contributed by atoms with Gasteiger partial charge in [0.15, 0.2) is 0 Å². The van der Waals surface area contributed by atoms with Crippen LogP contribution >= 0.6 is 0 Å². The number of rotatable bonds is 7. The maximum Gasteiger partial charge on any atom is 0.366 e. The Hall–Kier alpha value is -2.41. The van der Waals surface area contributed by atoms with Crippen molar-refractivity contribution in [1.29, 1.82) is 0 Å². The van der Waals surface area contributed by atoms with Crippen LogP contribution in [0.25, 0.3) is 0 Å². The molecule has 0 bridgehead atoms. The number of nitrogens with zero attached hydrogens (tertiary/aromatic N) is 2. The summed E-state index contributed by atoms with van der Waals surface area (Å²) in [5.74, 6) is -0.0462. The molecule has 1 fully saturated rings. The summed E-state index contributed by atoms with van der Waals surface area (Å²) in [7, 11) is 0. The molecule has 158 valence electrons. The van der Waals surface area contributed by atoms with E-state index >= 15 is 0 Å². The van der Waals surface area contributed by atoms with Gasteiger partial charge in [-0.15, -0.1) is 0 Å². The lowest BCUT2D eigenvalue weighted by atomic mass is 9.84. The number of ether oxygens (including phenoxy) is 1. The number of benzene rings is 1. The standard InChI is InChI=1S/C22H29FN2O4/c1-15(2)20-19(12-16-6-4-3-5-7-16)24(22(27)25(28)21(20)26)14-29-13-17-8-10-18(23)11-9-17/h8-11,15-16,28H,3-7,12-14H2,1-2H3. The van der Waals surface area contributed by atoms with Gasteiger partial charge in [0.25, 0.3) is 5.56 Å². The van der Waals surface area contributed by atoms with E-state index in [9.17, 15) is 19.2 Å². The van der Waals surface area contributed by atoms with Gasteiger partial charge < -0.3 is 9.94 Å². The summed E-state index contributed by atoms with van der Waals surface area (Å²) in [6, 6.07) is 5.94. The van der Waals surface area contributed by atoms with Gasteiger partial charge >= 0.3 is 5.69 Å². The molecule has 29 heavy (non-hydrogen) atoms. The van der Waals surface area contributed by atoms with Crippen molar-refractivity contribution in [3.8, 4) is 0 Å². The number of hydrogen-bond donors (Lipinski definition) is 1. The first-order valence-corrected chi connectivity index (χ1v) is 10.3. The maximum atomic E-state index is 13.1. The summed E-state index contributed by atoms with van der Waals surface area (Å²) in [5.41, 5.74) is 0.457. The van der Waals surface area contributed by atoms with Crippen LogP contribution in [-0.2, 0) is 24.5 Å². The second-order valence-electron chi connectivity index (χ2n) is 8.15. The summed E-state index contributed by atoms with van der Waals surface area (Å²) >= 11 is 0. The molecule has 3 rings (SSSR count). The van der Waals surface area contributed by atoms with Gasteiger partial charge in [0, 0.05) is 11.3 Å². The average Bonchev–Trinajstić information content (AvgIpc) is 2.70. The molecule has 7 heteroatoms. The van der Waals surface area contributed by atoms with Crippen molar-refractivity contribution < 1.29 is 14.3 Å². The molecule has 1 saturated carbocycles. The smallest absolute Gasteiger partial charge is 0.366 e. The molecular weight excluding hydrogens is 375 g/mol. The van der Waals surface area contributed by atoms with Crippen LogP contribution in [0.15, 0.2) is 33.9 Å². The fourth-order valence-corrected chi connectivity index (χ4v) is 4.13. The van der Waals surface area contributed by atoms with Crippen LogP contribution in [0.2, 0.25) is 0 Å². The summed E-state index contributed by atoms with van der Waals surface area (Å²) in [6.07, 6.45) is 6.31. The predicted octanol–water partition coefficient (Wildman–Crippen LogP) is 3.81. The number of halogens is 1. The van der Waals surface area contributed by atoms with Crippen LogP contribution in [0, 0.1) is 11.7 Å². The van der Waals surface area contributed by atoms with E-state index in [-0.39, 0.29) is 29.8 Å². The Bertz CT molecular complexity index is 941. The summed E-state index contributed by atoms with van der Waals surface area (Å²) in [5, 5.41) is 10.1. The molecule has 1 aliphatic carbocycles. The van der Waals surface area contributed by atoms with Crippen molar-refractivity contribution >= 4 is 0 Å². The average molecular weight is 404 g/mol. The van der Waals surface area contributed by atoms with Gasteiger partial charge in [-0.2, -0.15) is 0 Å². The van der Waals surface area contributed by atoms with E-state index in [4.69, 9.17) is 4.74 Å². The van der Waals surface area contributed by atoms with E-state index in [1.54, 1.807) is 12.1 Å². The van der Waals surface area contributed by atoms with E-state index in [1.165, 1.54) is 23.1 Å². The molecule has 0 spiro atoms. The lowest BCUT2D eigenvalue weighted by molar-refractivity contribution is 0.0489. The monoisotopic (exact) mass is 404 g/mol. The topological polar surface area (TPSA) is 73.5 Å². The fourth-order valence-electron chi connectivity index (χ4n) is 4.13. The molecule has 1 aromatic carbocycles. The van der Waals surface area contributed by atoms with Crippen molar-refractivity contribution in [2.24, 2.45) is 5.92 Å². The molecule has 0 atom stereocenters. The van der Waals surface area contributed by atoms with Gasteiger partial charge in [-0.05, 0) is 36.0 Å². The van der Waals surface area contributed by atoms with Gasteiger partial charge in [0.1, 0.15) is 12.5 Å². The van der Waals surface area contributed by atoms with Gasteiger partial charge in [-0.1, -0.05) is 62.8 Å². The highest BCUT2D eigenvalue weighted by molar-refractivity contribution is 5.22. The van der Waals surface area contributed by atoms with Crippen LogP contribution in [0.1, 0.15) is 68.7 Å². The fraction of sp³-hybridized carbons (Fsp3) is 0.545. The molecular formula is C22H29FN2O4. The van der Waals surface area contributed by atoms with Gasteiger partial charge in [-0.25, -0.2) is 9.18 Å². The first-order chi connectivity index (χ1) is 13.9. The summed E-state index contributed by atoms with van der Waals surface area (Å²) < 4.78 is 20.3. The van der Waals surface area contributed by atoms with E-state index in [1.807, 2.05) is 13.8 Å². The first-order valence-electron chi connectivity index (χ1n) is 10.3. The summed E-state index contributed by atoms with van der Waals surface area (Å²) in [4.78, 5) is 25.3. The van der Waals surface area contributed by atoms with Crippen LogP contribution in [0.5, 0.6) is 0 Å². The Kier molecular flexibility index (Phi) is 6.90. The van der Waals surface area contributed by atoms with Crippen molar-refractivity contribution in [2.75, 3.05) is 0 Å². The number of aromatic nitrogens is 2. The zero-order valence-electron chi connectivity index (χ0n) is 17.1. The molecule has 0 aliphatic heterocycles. The maximum absolute atomic E-state index is 13.1. The third kappa shape index (κ3) is 4.96. The van der Waals surface area contributed by atoms with E-state index in [2.05, 4.69) is 0 Å². The van der Waals surface area contributed by atoms with Crippen molar-refractivity contribution in [2.45, 2.75) is 71.6 Å². The third-order valence-electron chi connectivity index (χ3n) is 5.66. The van der Waals surface area contributed by atoms with Crippen LogP contribution in [0.3, 0.4) is 0 Å². The molecule has 1 N–H and O–H groups in total. The molecule has 1 aromatic heterocycles. The lowest BCUT2D eigenvalue weighted by Crippen LogP contribution is -2.44. The molecule has 6 nitrogen and oxygen atoms in total. The van der Waals surface area contributed by atoms with Gasteiger partial charge in [-0.3, -0.25) is 9.36 Å². The zero-order chi connectivity index (χ0) is 21.0. The lowest BCUT2D eigenvalue weighted by Gasteiger charge is -2.25. The third-order valence-corrected chi connectivity index (χ3v) is 5.66. The second-order valence-corrected chi connectivity index (χ2v) is 8.15. The highest BCUT2D eigenvalue weighted by atomic mass is 19.1. The van der Waals surface area contributed by atoms with E-state index < -0.39 is 11.2 Å². The molecule has 1 aliphatic rings. The molecule has 1 heterocycles. The van der Waals surface area contributed by atoms with Crippen LogP contribution < -0.4 is 11.2 Å². The minimum atomic E-state index is -0.788. The van der Waals surface area contributed by atoms with Gasteiger partial charge in [0.05, 0.1) is 6.61 Å². The minimum absolute atomic E-state index is 0.0845. The normalized spacial score (nSPS) is 15.2. The highest BCUT2D eigenvalue weighted by Crippen LogP contribution is 2.28. The Morgan fingerprint density at radius 1 is 1.14 bits per heavy atom. The van der Waals surface area contributed by atoms with Crippen molar-refractivity contribution in [3.05, 3.63) is 67.7 Å². The Labute approximate surface area is 169 Å². The Balaban J connectivity index is 1.91. The molecule has 0 saturated heterocycles. The molecule has 0 unspecified atom stereocenters. The van der Waals surface area contributed by atoms with Gasteiger partial charge in [0.2, 0.25) is 0 Å². The zero-order valence-corrected chi connectivity index (χ0v) is 17.1. The SMILES string of the molecule is CC(C)c1c(CC2CCCCC2)n(COCc2ccc(F)cc2)c(=O)n(O)c1=O. The first kappa shape index (κ1) is 21.3. The quantitative estimate of drug-likeness (QED) is 0.713. The Morgan fingerprint density at radius 3 is 2.41 bits per heavy atom. The highest BCUT2D eigenvalue weighted by Gasteiger charge is 2.24. The van der Waals surface area contributed by atoms with Crippen LogP contribution in [0.4, 0.5) is 4.39 Å². The molecule has 0 amide bonds. The van der Waals surface area contributed by atoms with E-state index in [0.717, 1.165) is 31.2 Å². The van der Waals surface area contributed by atoms with Crippen LogP contribution in [-0.4, -0.2) is 14.5 Å².